The standard InChI is InChI=1S/C16H16F3NS/c1-11(10-12-6-2-3-7-13(12)17)20-14-8-4-5-9-15(14)21-16(18)19/h2-9,11,16,20H,10H2,1H3. The average molecular weight is 311 g/mol. The van der Waals surface area contributed by atoms with Gasteiger partial charge in [0.25, 0.3) is 5.76 Å². The van der Waals surface area contributed by atoms with Crippen LogP contribution < -0.4 is 5.32 Å². The molecule has 0 saturated carbocycles. The number of rotatable bonds is 6. The summed E-state index contributed by atoms with van der Waals surface area (Å²) in [6, 6.07) is 13.4. The molecular weight excluding hydrogens is 295 g/mol. The molecule has 2 aromatic rings. The Kier molecular flexibility index (Phi) is 5.56. The second-order valence-corrected chi connectivity index (χ2v) is 5.75. The maximum Gasteiger partial charge on any atom is 0.288 e. The Morgan fingerprint density at radius 1 is 1.05 bits per heavy atom. The number of hydrogen-bond acceptors (Lipinski definition) is 2. The van der Waals surface area contributed by atoms with Crippen molar-refractivity contribution in [3.8, 4) is 0 Å². The van der Waals surface area contributed by atoms with Gasteiger partial charge in [-0.3, -0.25) is 0 Å². The first-order valence-corrected chi connectivity index (χ1v) is 7.48. The Hall–Kier alpha value is -1.62. The van der Waals surface area contributed by atoms with Gasteiger partial charge < -0.3 is 5.32 Å². The van der Waals surface area contributed by atoms with Crippen molar-refractivity contribution < 1.29 is 13.2 Å². The van der Waals surface area contributed by atoms with Gasteiger partial charge >= 0.3 is 0 Å². The number of benzene rings is 2. The lowest BCUT2D eigenvalue weighted by Gasteiger charge is -2.18. The zero-order valence-corrected chi connectivity index (χ0v) is 12.3. The fourth-order valence-corrected chi connectivity index (χ4v) is 2.70. The summed E-state index contributed by atoms with van der Waals surface area (Å²) < 4.78 is 38.7. The van der Waals surface area contributed by atoms with Gasteiger partial charge in [-0.2, -0.15) is 8.78 Å². The van der Waals surface area contributed by atoms with Crippen molar-refractivity contribution in [2.45, 2.75) is 30.0 Å². The first-order chi connectivity index (χ1) is 10.1. The molecule has 21 heavy (non-hydrogen) atoms. The molecule has 2 rings (SSSR count). The van der Waals surface area contributed by atoms with Crippen molar-refractivity contribution >= 4 is 17.4 Å². The Bertz CT molecular complexity index is 589. The minimum absolute atomic E-state index is 0.0682. The van der Waals surface area contributed by atoms with Crippen LogP contribution in [0.1, 0.15) is 12.5 Å². The Morgan fingerprint density at radius 2 is 1.71 bits per heavy atom. The molecule has 0 aliphatic rings. The zero-order chi connectivity index (χ0) is 15.2. The zero-order valence-electron chi connectivity index (χ0n) is 11.5. The van der Waals surface area contributed by atoms with Crippen molar-refractivity contribution in [1.29, 1.82) is 0 Å². The molecular formula is C16H16F3NS. The van der Waals surface area contributed by atoms with E-state index in [1.807, 2.05) is 6.92 Å². The van der Waals surface area contributed by atoms with Crippen LogP contribution in [0.5, 0.6) is 0 Å². The van der Waals surface area contributed by atoms with E-state index in [2.05, 4.69) is 5.32 Å². The van der Waals surface area contributed by atoms with Gasteiger partial charge in [0.05, 0.1) is 0 Å². The SMILES string of the molecule is CC(Cc1ccccc1F)Nc1ccccc1SC(F)F. The maximum atomic E-state index is 13.6. The minimum Gasteiger partial charge on any atom is -0.381 e. The highest BCUT2D eigenvalue weighted by Crippen LogP contribution is 2.32. The van der Waals surface area contributed by atoms with Gasteiger partial charge in [-0.05, 0) is 37.1 Å². The fourth-order valence-electron chi connectivity index (χ4n) is 2.09. The normalized spacial score (nSPS) is 12.4. The van der Waals surface area contributed by atoms with Crippen LogP contribution in [0.25, 0.3) is 0 Å². The summed E-state index contributed by atoms with van der Waals surface area (Å²) in [5, 5.41) is 3.17. The molecule has 1 nitrogen and oxygen atoms in total. The molecule has 5 heteroatoms. The Morgan fingerprint density at radius 3 is 2.43 bits per heavy atom. The predicted octanol–water partition coefficient (Wildman–Crippen LogP) is 5.18. The lowest BCUT2D eigenvalue weighted by atomic mass is 10.1. The number of alkyl halides is 2. The van der Waals surface area contributed by atoms with Crippen LogP contribution in [0.2, 0.25) is 0 Å². The third-order valence-corrected chi connectivity index (χ3v) is 3.78. The molecule has 1 N–H and O–H groups in total. The highest BCUT2D eigenvalue weighted by molar-refractivity contribution is 7.99. The summed E-state index contributed by atoms with van der Waals surface area (Å²) in [6.45, 7) is 1.90. The summed E-state index contributed by atoms with van der Waals surface area (Å²) in [7, 11) is 0. The molecule has 0 aromatic heterocycles. The molecule has 0 radical (unpaired) electrons. The summed E-state index contributed by atoms with van der Waals surface area (Å²) in [5.41, 5.74) is 1.25. The number of halogens is 3. The van der Waals surface area contributed by atoms with E-state index in [9.17, 15) is 13.2 Å². The average Bonchev–Trinajstić information content (AvgIpc) is 2.43. The second kappa shape index (κ2) is 7.41. The number of nitrogens with one attached hydrogen (secondary N) is 1. The van der Waals surface area contributed by atoms with E-state index < -0.39 is 5.76 Å². The van der Waals surface area contributed by atoms with Crippen LogP contribution in [0.4, 0.5) is 18.9 Å². The molecule has 0 fully saturated rings. The van der Waals surface area contributed by atoms with E-state index in [1.54, 1.807) is 42.5 Å². The quantitative estimate of drug-likeness (QED) is 0.737. The smallest absolute Gasteiger partial charge is 0.288 e. The first-order valence-electron chi connectivity index (χ1n) is 6.60. The van der Waals surface area contributed by atoms with Crippen LogP contribution in [-0.4, -0.2) is 11.8 Å². The van der Waals surface area contributed by atoms with Crippen molar-refractivity contribution in [3.05, 3.63) is 59.9 Å². The number of hydrogen-bond donors (Lipinski definition) is 1. The van der Waals surface area contributed by atoms with E-state index in [0.29, 0.717) is 34.3 Å². The van der Waals surface area contributed by atoms with Crippen LogP contribution in [0.3, 0.4) is 0 Å². The monoisotopic (exact) mass is 311 g/mol. The second-order valence-electron chi connectivity index (χ2n) is 4.72. The number of para-hydroxylation sites is 1. The van der Waals surface area contributed by atoms with E-state index in [1.165, 1.54) is 6.07 Å². The van der Waals surface area contributed by atoms with Gasteiger partial charge in [-0.1, -0.05) is 42.1 Å². The first kappa shape index (κ1) is 15.8. The predicted molar refractivity (Wildman–Crippen MR) is 81.5 cm³/mol. The molecule has 0 saturated heterocycles. The molecule has 0 aliphatic carbocycles. The van der Waals surface area contributed by atoms with Crippen LogP contribution in [0, 0.1) is 5.82 Å². The maximum absolute atomic E-state index is 13.6. The molecule has 0 amide bonds. The lowest BCUT2D eigenvalue weighted by Crippen LogP contribution is -2.19. The topological polar surface area (TPSA) is 12.0 Å². The van der Waals surface area contributed by atoms with Crippen molar-refractivity contribution in [3.63, 3.8) is 0 Å². The van der Waals surface area contributed by atoms with Gasteiger partial charge in [0.2, 0.25) is 0 Å². The molecule has 2 aromatic carbocycles. The molecule has 0 heterocycles. The number of thioether (sulfide) groups is 1. The van der Waals surface area contributed by atoms with Crippen LogP contribution in [0.15, 0.2) is 53.4 Å². The molecule has 1 unspecified atom stereocenters. The summed E-state index contributed by atoms with van der Waals surface area (Å²) in [4.78, 5) is 0.493. The van der Waals surface area contributed by atoms with Gasteiger partial charge in [-0.25, -0.2) is 4.39 Å². The molecule has 0 bridgehead atoms. The Balaban J connectivity index is 2.06. The third-order valence-electron chi connectivity index (χ3n) is 2.99. The Labute approximate surface area is 126 Å². The molecule has 112 valence electrons. The fraction of sp³-hybridized carbons (Fsp3) is 0.250. The largest absolute Gasteiger partial charge is 0.381 e. The van der Waals surface area contributed by atoms with Crippen LogP contribution in [-0.2, 0) is 6.42 Å². The van der Waals surface area contributed by atoms with Crippen LogP contribution >= 0.6 is 11.8 Å². The molecule has 1 atom stereocenters. The minimum atomic E-state index is -2.46. The van der Waals surface area contributed by atoms with Gasteiger partial charge in [0.1, 0.15) is 5.82 Å². The summed E-state index contributed by atoms with van der Waals surface area (Å²) in [6.07, 6.45) is 0.486. The highest BCUT2D eigenvalue weighted by Gasteiger charge is 2.12. The summed E-state index contributed by atoms with van der Waals surface area (Å²) >= 11 is 0.507. The lowest BCUT2D eigenvalue weighted by molar-refractivity contribution is 0.252. The van der Waals surface area contributed by atoms with E-state index in [0.717, 1.165) is 0 Å². The van der Waals surface area contributed by atoms with Crippen molar-refractivity contribution in [1.82, 2.24) is 0 Å². The highest BCUT2D eigenvalue weighted by atomic mass is 32.2. The van der Waals surface area contributed by atoms with E-state index >= 15 is 0 Å². The van der Waals surface area contributed by atoms with Crippen molar-refractivity contribution in [2.24, 2.45) is 0 Å². The van der Waals surface area contributed by atoms with Crippen molar-refractivity contribution in [2.75, 3.05) is 5.32 Å². The van der Waals surface area contributed by atoms with E-state index in [-0.39, 0.29) is 11.9 Å². The van der Waals surface area contributed by atoms with Gasteiger partial charge in [0, 0.05) is 16.6 Å². The van der Waals surface area contributed by atoms with Gasteiger partial charge in [0.15, 0.2) is 0 Å². The third kappa shape index (κ3) is 4.70. The summed E-state index contributed by atoms with van der Waals surface area (Å²) in [5.74, 6) is -2.71. The molecule has 0 aliphatic heterocycles. The van der Waals surface area contributed by atoms with E-state index in [4.69, 9.17) is 0 Å². The van der Waals surface area contributed by atoms with Gasteiger partial charge in [-0.15, -0.1) is 0 Å². The molecule has 0 spiro atoms. The number of anilines is 1.